The van der Waals surface area contributed by atoms with Gasteiger partial charge in [0.05, 0.1) is 24.7 Å². The zero-order valence-corrected chi connectivity index (χ0v) is 10.2. The minimum Gasteiger partial charge on any atom is -0.497 e. The van der Waals surface area contributed by atoms with Crippen LogP contribution >= 0.6 is 0 Å². The molecule has 0 aromatic heterocycles. The molecule has 90 valence electrons. The first-order valence-electron chi connectivity index (χ1n) is 5.87. The summed E-state index contributed by atoms with van der Waals surface area (Å²) >= 11 is 0. The van der Waals surface area contributed by atoms with Gasteiger partial charge in [-0.25, -0.2) is 0 Å². The molecular formula is C14H17NO2. The molecule has 0 saturated heterocycles. The molecule has 2 unspecified atom stereocenters. The van der Waals surface area contributed by atoms with Crippen molar-refractivity contribution in [2.24, 2.45) is 5.92 Å². The molecule has 0 radical (unpaired) electrons. The number of rotatable bonds is 2. The third-order valence-corrected chi connectivity index (χ3v) is 3.74. The predicted molar refractivity (Wildman–Crippen MR) is 64.7 cm³/mol. The van der Waals surface area contributed by atoms with Crippen molar-refractivity contribution in [2.45, 2.75) is 31.8 Å². The van der Waals surface area contributed by atoms with E-state index in [1.54, 1.807) is 14.0 Å². The fraction of sp³-hybridized carbons (Fsp3) is 0.500. The number of hydrogen-bond donors (Lipinski definition) is 1. The Balaban J connectivity index is 2.31. The number of nitrogens with zero attached hydrogens (tertiary/aromatic N) is 1. The van der Waals surface area contributed by atoms with Crippen molar-refractivity contribution in [1.29, 1.82) is 5.26 Å². The summed E-state index contributed by atoms with van der Waals surface area (Å²) in [6.07, 6.45) is 2.01. The smallest absolute Gasteiger partial charge is 0.119 e. The lowest BCUT2D eigenvalue weighted by atomic mass is 9.74. The minimum atomic E-state index is -0.895. The van der Waals surface area contributed by atoms with Gasteiger partial charge in [-0.15, -0.1) is 0 Å². The number of ether oxygens (including phenoxy) is 1. The summed E-state index contributed by atoms with van der Waals surface area (Å²) in [5, 5.41) is 19.5. The molecule has 0 spiro atoms. The summed E-state index contributed by atoms with van der Waals surface area (Å²) in [5.74, 6) is 0.458. The normalized spacial score (nSPS) is 24.6. The van der Waals surface area contributed by atoms with Crippen LogP contribution in [-0.2, 0) is 12.8 Å². The first kappa shape index (κ1) is 11.9. The quantitative estimate of drug-likeness (QED) is 0.847. The van der Waals surface area contributed by atoms with E-state index in [1.807, 2.05) is 18.2 Å². The average molecular weight is 231 g/mol. The molecule has 1 N–H and O–H groups in total. The summed E-state index contributed by atoms with van der Waals surface area (Å²) in [7, 11) is 1.63. The SMILES string of the molecule is COc1ccc2c(c1)CC(O)(C(C)C#N)CC2. The van der Waals surface area contributed by atoms with Crippen LogP contribution in [0.2, 0.25) is 0 Å². The molecule has 2 atom stereocenters. The molecule has 1 aromatic carbocycles. The van der Waals surface area contributed by atoms with E-state index in [2.05, 4.69) is 6.07 Å². The van der Waals surface area contributed by atoms with Crippen LogP contribution in [-0.4, -0.2) is 17.8 Å². The highest BCUT2D eigenvalue weighted by atomic mass is 16.5. The van der Waals surface area contributed by atoms with Gasteiger partial charge in [-0.05, 0) is 43.0 Å². The number of nitriles is 1. The van der Waals surface area contributed by atoms with Gasteiger partial charge in [0.2, 0.25) is 0 Å². The molecule has 1 aromatic rings. The molecule has 3 nitrogen and oxygen atoms in total. The van der Waals surface area contributed by atoms with Gasteiger partial charge in [0, 0.05) is 6.42 Å². The lowest BCUT2D eigenvalue weighted by Gasteiger charge is -2.35. The molecule has 0 heterocycles. The highest BCUT2D eigenvalue weighted by Crippen LogP contribution is 2.35. The van der Waals surface area contributed by atoms with E-state index >= 15 is 0 Å². The number of aliphatic hydroxyl groups is 1. The summed E-state index contributed by atoms with van der Waals surface area (Å²) < 4.78 is 5.19. The van der Waals surface area contributed by atoms with E-state index in [9.17, 15) is 5.11 Å². The standard InChI is InChI=1S/C14H17NO2/c1-10(9-15)14(16)6-5-11-3-4-13(17-2)7-12(11)8-14/h3-4,7,10,16H,5-6,8H2,1-2H3. The first-order valence-corrected chi connectivity index (χ1v) is 5.87. The Labute approximate surface area is 102 Å². The number of hydrogen-bond acceptors (Lipinski definition) is 3. The average Bonchev–Trinajstić information content (AvgIpc) is 2.36. The summed E-state index contributed by atoms with van der Waals surface area (Å²) in [4.78, 5) is 0. The Bertz CT molecular complexity index is 464. The predicted octanol–water partition coefficient (Wildman–Crippen LogP) is 2.07. The van der Waals surface area contributed by atoms with E-state index < -0.39 is 5.60 Å². The molecule has 0 aliphatic heterocycles. The highest BCUT2D eigenvalue weighted by molar-refractivity contribution is 5.39. The molecule has 17 heavy (non-hydrogen) atoms. The second kappa shape index (κ2) is 4.38. The van der Waals surface area contributed by atoms with Crippen LogP contribution in [0.5, 0.6) is 5.75 Å². The Morgan fingerprint density at radius 3 is 2.88 bits per heavy atom. The molecule has 0 fully saturated rings. The number of aryl methyl sites for hydroxylation is 1. The van der Waals surface area contributed by atoms with E-state index in [4.69, 9.17) is 10.00 Å². The van der Waals surface area contributed by atoms with Crippen molar-refractivity contribution >= 4 is 0 Å². The molecule has 0 saturated carbocycles. The summed E-state index contributed by atoms with van der Waals surface area (Å²) in [6.45, 7) is 1.78. The van der Waals surface area contributed by atoms with Gasteiger partial charge in [-0.3, -0.25) is 0 Å². The number of fused-ring (bicyclic) bond motifs is 1. The molecule has 1 aliphatic carbocycles. The summed E-state index contributed by atoms with van der Waals surface area (Å²) in [5.41, 5.74) is 1.45. The molecular weight excluding hydrogens is 214 g/mol. The Kier molecular flexibility index (Phi) is 3.08. The van der Waals surface area contributed by atoms with Crippen LogP contribution in [0.25, 0.3) is 0 Å². The fourth-order valence-corrected chi connectivity index (χ4v) is 2.40. The zero-order valence-electron chi connectivity index (χ0n) is 10.2. The van der Waals surface area contributed by atoms with Crippen LogP contribution in [0.4, 0.5) is 0 Å². The zero-order chi connectivity index (χ0) is 12.5. The van der Waals surface area contributed by atoms with Crippen LogP contribution in [0.3, 0.4) is 0 Å². The van der Waals surface area contributed by atoms with Crippen LogP contribution < -0.4 is 4.74 Å². The highest BCUT2D eigenvalue weighted by Gasteiger charge is 2.37. The Morgan fingerprint density at radius 1 is 1.47 bits per heavy atom. The Hall–Kier alpha value is -1.53. The maximum Gasteiger partial charge on any atom is 0.119 e. The maximum atomic E-state index is 10.5. The lowest BCUT2D eigenvalue weighted by Crippen LogP contribution is -2.41. The van der Waals surface area contributed by atoms with Crippen molar-refractivity contribution in [3.63, 3.8) is 0 Å². The van der Waals surface area contributed by atoms with Gasteiger partial charge in [-0.2, -0.15) is 5.26 Å². The lowest BCUT2D eigenvalue weighted by molar-refractivity contribution is -0.00457. The van der Waals surface area contributed by atoms with Crippen LogP contribution in [0.1, 0.15) is 24.5 Å². The largest absolute Gasteiger partial charge is 0.497 e. The van der Waals surface area contributed by atoms with Gasteiger partial charge in [0.1, 0.15) is 5.75 Å². The first-order chi connectivity index (χ1) is 8.09. The van der Waals surface area contributed by atoms with Crippen molar-refractivity contribution in [2.75, 3.05) is 7.11 Å². The van der Waals surface area contributed by atoms with Gasteiger partial charge in [0.15, 0.2) is 0 Å². The van der Waals surface area contributed by atoms with Crippen LogP contribution in [0, 0.1) is 17.2 Å². The van der Waals surface area contributed by atoms with E-state index in [-0.39, 0.29) is 5.92 Å². The molecule has 0 bridgehead atoms. The second-order valence-electron chi connectivity index (χ2n) is 4.77. The van der Waals surface area contributed by atoms with E-state index in [1.165, 1.54) is 5.56 Å². The third kappa shape index (κ3) is 2.13. The number of benzene rings is 1. The molecule has 1 aliphatic rings. The van der Waals surface area contributed by atoms with Gasteiger partial charge < -0.3 is 9.84 Å². The topological polar surface area (TPSA) is 53.2 Å². The van der Waals surface area contributed by atoms with Gasteiger partial charge in [0.25, 0.3) is 0 Å². The maximum absolute atomic E-state index is 10.5. The monoisotopic (exact) mass is 231 g/mol. The minimum absolute atomic E-state index is 0.346. The van der Waals surface area contributed by atoms with Crippen LogP contribution in [0.15, 0.2) is 18.2 Å². The van der Waals surface area contributed by atoms with Crippen molar-refractivity contribution in [3.8, 4) is 11.8 Å². The van der Waals surface area contributed by atoms with E-state index in [0.717, 1.165) is 17.7 Å². The van der Waals surface area contributed by atoms with Crippen molar-refractivity contribution < 1.29 is 9.84 Å². The third-order valence-electron chi connectivity index (χ3n) is 3.74. The molecule has 2 rings (SSSR count). The number of methoxy groups -OCH3 is 1. The van der Waals surface area contributed by atoms with Gasteiger partial charge >= 0.3 is 0 Å². The van der Waals surface area contributed by atoms with E-state index in [0.29, 0.717) is 12.8 Å². The second-order valence-corrected chi connectivity index (χ2v) is 4.77. The Morgan fingerprint density at radius 2 is 2.24 bits per heavy atom. The van der Waals surface area contributed by atoms with Crippen molar-refractivity contribution in [1.82, 2.24) is 0 Å². The molecule has 0 amide bonds. The van der Waals surface area contributed by atoms with Gasteiger partial charge in [-0.1, -0.05) is 6.07 Å². The fourth-order valence-electron chi connectivity index (χ4n) is 2.40. The van der Waals surface area contributed by atoms with Crippen molar-refractivity contribution in [3.05, 3.63) is 29.3 Å². The molecule has 3 heteroatoms. The summed E-state index contributed by atoms with van der Waals surface area (Å²) in [6, 6.07) is 8.10.